The number of nitrogens with zero attached hydrogens (tertiary/aromatic N) is 1. The van der Waals surface area contributed by atoms with E-state index < -0.39 is 5.82 Å². The lowest BCUT2D eigenvalue weighted by Crippen LogP contribution is -2.43. The number of hydrogen-bond acceptors (Lipinski definition) is 4. The summed E-state index contributed by atoms with van der Waals surface area (Å²) < 4.78 is 18.1. The second-order valence-corrected chi connectivity index (χ2v) is 5.01. The van der Waals surface area contributed by atoms with Crippen LogP contribution in [0.15, 0.2) is 18.2 Å². The molecule has 1 heterocycles. The summed E-state index contributed by atoms with van der Waals surface area (Å²) in [4.78, 5) is 14.0. The highest BCUT2D eigenvalue weighted by molar-refractivity contribution is 5.93. The fourth-order valence-corrected chi connectivity index (χ4v) is 2.27. The highest BCUT2D eigenvalue weighted by Gasteiger charge is 2.18. The van der Waals surface area contributed by atoms with Crippen LogP contribution in [0.1, 0.15) is 12.8 Å². The first-order valence-corrected chi connectivity index (χ1v) is 6.70. The number of carbonyl (C=O) groups is 1. The Morgan fingerprint density at radius 2 is 2.20 bits per heavy atom. The van der Waals surface area contributed by atoms with E-state index in [0.717, 1.165) is 25.9 Å². The molecule has 2 rings (SSSR count). The standard InChI is InChI=1S/C14H20FN3O2/c1-20-13-8-10(15)2-3-12(13)17-14(19)9-18-6-4-11(16)5-7-18/h2-3,8,11H,4-7,9,16H2,1H3,(H,17,19). The predicted octanol–water partition coefficient (Wildman–Crippen LogP) is 1.20. The van der Waals surface area contributed by atoms with Gasteiger partial charge >= 0.3 is 0 Å². The van der Waals surface area contributed by atoms with Gasteiger partial charge < -0.3 is 15.8 Å². The van der Waals surface area contributed by atoms with Crippen molar-refractivity contribution in [1.82, 2.24) is 4.90 Å². The van der Waals surface area contributed by atoms with Gasteiger partial charge in [0.05, 0.1) is 19.3 Å². The Morgan fingerprint density at radius 3 is 2.85 bits per heavy atom. The molecule has 1 saturated heterocycles. The summed E-state index contributed by atoms with van der Waals surface area (Å²) in [7, 11) is 1.44. The van der Waals surface area contributed by atoms with Gasteiger partial charge in [0.2, 0.25) is 5.91 Å². The SMILES string of the molecule is COc1cc(F)ccc1NC(=O)CN1CCC(N)CC1. The molecule has 0 unspecified atom stereocenters. The van der Waals surface area contributed by atoms with Crippen molar-refractivity contribution in [3.05, 3.63) is 24.0 Å². The van der Waals surface area contributed by atoms with Crippen LogP contribution in [0.25, 0.3) is 0 Å². The Hall–Kier alpha value is -1.66. The average molecular weight is 281 g/mol. The first kappa shape index (κ1) is 14.7. The molecule has 0 atom stereocenters. The number of methoxy groups -OCH3 is 1. The molecule has 0 spiro atoms. The third kappa shape index (κ3) is 3.91. The van der Waals surface area contributed by atoms with E-state index in [2.05, 4.69) is 10.2 Å². The van der Waals surface area contributed by atoms with E-state index in [4.69, 9.17) is 10.5 Å². The molecule has 0 saturated carbocycles. The van der Waals surface area contributed by atoms with Crippen molar-refractivity contribution in [1.29, 1.82) is 0 Å². The smallest absolute Gasteiger partial charge is 0.238 e. The first-order valence-electron chi connectivity index (χ1n) is 6.70. The van der Waals surface area contributed by atoms with Gasteiger partial charge in [0.15, 0.2) is 0 Å². The number of nitrogens with two attached hydrogens (primary N) is 1. The molecule has 3 N–H and O–H groups in total. The molecular weight excluding hydrogens is 261 g/mol. The van der Waals surface area contributed by atoms with Gasteiger partial charge in [-0.25, -0.2) is 4.39 Å². The molecule has 1 aliphatic heterocycles. The molecule has 0 bridgehead atoms. The molecule has 110 valence electrons. The molecule has 1 aromatic rings. The summed E-state index contributed by atoms with van der Waals surface area (Å²) in [6.07, 6.45) is 1.82. The van der Waals surface area contributed by atoms with Crippen LogP contribution in [0.4, 0.5) is 10.1 Å². The number of rotatable bonds is 4. The van der Waals surface area contributed by atoms with Crippen LogP contribution < -0.4 is 15.8 Å². The number of halogens is 1. The zero-order valence-corrected chi connectivity index (χ0v) is 11.6. The Labute approximate surface area is 117 Å². The number of nitrogens with one attached hydrogen (secondary N) is 1. The van der Waals surface area contributed by atoms with E-state index in [1.54, 1.807) is 0 Å². The molecule has 0 aliphatic carbocycles. The summed E-state index contributed by atoms with van der Waals surface area (Å²) in [5.74, 6) is -0.214. The largest absolute Gasteiger partial charge is 0.494 e. The maximum Gasteiger partial charge on any atom is 0.238 e. The zero-order chi connectivity index (χ0) is 14.5. The van der Waals surface area contributed by atoms with Crippen molar-refractivity contribution in [2.24, 2.45) is 5.73 Å². The number of ether oxygens (including phenoxy) is 1. The molecule has 1 aromatic carbocycles. The van der Waals surface area contributed by atoms with Crippen molar-refractivity contribution >= 4 is 11.6 Å². The summed E-state index contributed by atoms with van der Waals surface area (Å²) in [5, 5.41) is 2.74. The van der Waals surface area contributed by atoms with Crippen LogP contribution in [0, 0.1) is 5.82 Å². The van der Waals surface area contributed by atoms with E-state index in [0.29, 0.717) is 18.0 Å². The van der Waals surface area contributed by atoms with E-state index in [9.17, 15) is 9.18 Å². The average Bonchev–Trinajstić information content (AvgIpc) is 2.43. The zero-order valence-electron chi connectivity index (χ0n) is 11.6. The van der Waals surface area contributed by atoms with E-state index in [-0.39, 0.29) is 11.9 Å². The van der Waals surface area contributed by atoms with Crippen LogP contribution in [-0.2, 0) is 4.79 Å². The van der Waals surface area contributed by atoms with Gasteiger partial charge in [-0.3, -0.25) is 9.69 Å². The molecule has 6 heteroatoms. The highest BCUT2D eigenvalue weighted by Crippen LogP contribution is 2.24. The molecule has 0 aromatic heterocycles. The lowest BCUT2D eigenvalue weighted by Gasteiger charge is -2.29. The Balaban J connectivity index is 1.91. The number of carbonyl (C=O) groups excluding carboxylic acids is 1. The fourth-order valence-electron chi connectivity index (χ4n) is 2.27. The highest BCUT2D eigenvalue weighted by atomic mass is 19.1. The lowest BCUT2D eigenvalue weighted by atomic mass is 10.1. The molecule has 5 nitrogen and oxygen atoms in total. The van der Waals surface area contributed by atoms with Gasteiger partial charge in [0.25, 0.3) is 0 Å². The van der Waals surface area contributed by atoms with Crippen LogP contribution >= 0.6 is 0 Å². The molecular formula is C14H20FN3O2. The van der Waals surface area contributed by atoms with Gasteiger partial charge in [0, 0.05) is 25.2 Å². The van der Waals surface area contributed by atoms with Crippen molar-refractivity contribution in [2.75, 3.05) is 32.1 Å². The summed E-state index contributed by atoms with van der Waals surface area (Å²) >= 11 is 0. The van der Waals surface area contributed by atoms with E-state index in [1.165, 1.54) is 25.3 Å². The molecule has 0 radical (unpaired) electrons. The number of likely N-dealkylation sites (tertiary alicyclic amines) is 1. The van der Waals surface area contributed by atoms with E-state index >= 15 is 0 Å². The summed E-state index contributed by atoms with van der Waals surface area (Å²) in [6.45, 7) is 1.97. The number of amides is 1. The van der Waals surface area contributed by atoms with Gasteiger partial charge in [-0.15, -0.1) is 0 Å². The van der Waals surface area contributed by atoms with E-state index in [1.807, 2.05) is 0 Å². The number of piperidine rings is 1. The fraction of sp³-hybridized carbons (Fsp3) is 0.500. The Bertz CT molecular complexity index is 473. The first-order chi connectivity index (χ1) is 9.58. The molecule has 1 fully saturated rings. The van der Waals surface area contributed by atoms with Crippen LogP contribution in [-0.4, -0.2) is 43.6 Å². The number of hydrogen-bond donors (Lipinski definition) is 2. The molecule has 1 amide bonds. The molecule has 1 aliphatic rings. The van der Waals surface area contributed by atoms with Crippen molar-refractivity contribution < 1.29 is 13.9 Å². The Morgan fingerprint density at radius 1 is 1.50 bits per heavy atom. The van der Waals surface area contributed by atoms with Crippen molar-refractivity contribution in [3.63, 3.8) is 0 Å². The third-order valence-corrected chi connectivity index (χ3v) is 3.44. The normalized spacial score (nSPS) is 16.9. The summed E-state index contributed by atoms with van der Waals surface area (Å²) in [5.41, 5.74) is 6.30. The maximum absolute atomic E-state index is 13.1. The van der Waals surface area contributed by atoms with Crippen molar-refractivity contribution in [3.8, 4) is 5.75 Å². The quantitative estimate of drug-likeness (QED) is 0.870. The van der Waals surface area contributed by atoms with Gasteiger partial charge in [-0.2, -0.15) is 0 Å². The van der Waals surface area contributed by atoms with Crippen LogP contribution in [0.3, 0.4) is 0 Å². The van der Waals surface area contributed by atoms with Gasteiger partial charge in [0.1, 0.15) is 11.6 Å². The maximum atomic E-state index is 13.1. The topological polar surface area (TPSA) is 67.6 Å². The number of anilines is 1. The minimum Gasteiger partial charge on any atom is -0.494 e. The lowest BCUT2D eigenvalue weighted by molar-refractivity contribution is -0.117. The summed E-state index contributed by atoms with van der Waals surface area (Å²) in [6, 6.07) is 4.28. The second kappa shape index (κ2) is 6.67. The minimum atomic E-state index is -0.398. The third-order valence-electron chi connectivity index (χ3n) is 3.44. The van der Waals surface area contributed by atoms with Gasteiger partial charge in [-0.1, -0.05) is 0 Å². The van der Waals surface area contributed by atoms with Crippen LogP contribution in [0.5, 0.6) is 5.75 Å². The van der Waals surface area contributed by atoms with Crippen LogP contribution in [0.2, 0.25) is 0 Å². The van der Waals surface area contributed by atoms with Crippen molar-refractivity contribution in [2.45, 2.75) is 18.9 Å². The van der Waals surface area contributed by atoms with Gasteiger partial charge in [-0.05, 0) is 25.0 Å². The monoisotopic (exact) mass is 281 g/mol. The minimum absolute atomic E-state index is 0.134. The predicted molar refractivity (Wildman–Crippen MR) is 75.2 cm³/mol. The second-order valence-electron chi connectivity index (χ2n) is 5.01. The Kier molecular flexibility index (Phi) is 4.92. The molecule has 20 heavy (non-hydrogen) atoms. The number of benzene rings is 1.